The number of nitrogens with zero attached hydrogens (tertiary/aromatic N) is 2. The smallest absolute Gasteiger partial charge is 0.150 e. The van der Waals surface area contributed by atoms with Crippen molar-refractivity contribution < 1.29 is 0 Å². The molecule has 0 unspecified atom stereocenters. The molecule has 0 saturated carbocycles. The van der Waals surface area contributed by atoms with Crippen molar-refractivity contribution in [2.24, 2.45) is 0 Å². The minimum Gasteiger partial charge on any atom is -0.327 e. The predicted molar refractivity (Wildman–Crippen MR) is 95.7 cm³/mol. The Morgan fingerprint density at radius 2 is 1.64 bits per heavy atom. The third kappa shape index (κ3) is 3.22. The van der Waals surface area contributed by atoms with Gasteiger partial charge in [0.05, 0.1) is 5.69 Å². The number of rotatable bonds is 7. The van der Waals surface area contributed by atoms with Crippen LogP contribution in [0.2, 0.25) is 5.15 Å². The molecular weight excluding hydrogens is 292 g/mol. The Labute approximate surface area is 139 Å². The van der Waals surface area contributed by atoms with Gasteiger partial charge in [-0.1, -0.05) is 63.9 Å². The molecule has 0 bridgehead atoms. The van der Waals surface area contributed by atoms with Crippen LogP contribution in [0.1, 0.15) is 57.4 Å². The lowest BCUT2D eigenvalue weighted by Gasteiger charge is -2.16. The van der Waals surface area contributed by atoms with E-state index in [0.717, 1.165) is 43.7 Å². The van der Waals surface area contributed by atoms with E-state index in [4.69, 9.17) is 16.6 Å². The summed E-state index contributed by atoms with van der Waals surface area (Å²) in [5.74, 6) is 1.06. The minimum atomic E-state index is 0.668. The van der Waals surface area contributed by atoms with E-state index in [1.165, 1.54) is 23.1 Å². The normalized spacial score (nSPS) is 11.1. The zero-order chi connectivity index (χ0) is 16.1. The maximum absolute atomic E-state index is 6.44. The van der Waals surface area contributed by atoms with Crippen LogP contribution < -0.4 is 0 Å². The molecule has 3 heteroatoms. The summed E-state index contributed by atoms with van der Waals surface area (Å²) in [6.45, 7) is 9.79. The summed E-state index contributed by atoms with van der Waals surface area (Å²) in [5, 5.41) is 0.668. The third-order valence-corrected chi connectivity index (χ3v) is 4.62. The van der Waals surface area contributed by atoms with Gasteiger partial charge in [0.1, 0.15) is 5.82 Å². The SMILES string of the molecule is CCCCn1c(-c2c(CC)cccc2CC)nc(Cl)c1CC. The van der Waals surface area contributed by atoms with Crippen molar-refractivity contribution in [2.45, 2.75) is 66.3 Å². The monoisotopic (exact) mass is 318 g/mol. The minimum absolute atomic E-state index is 0.668. The van der Waals surface area contributed by atoms with Crippen molar-refractivity contribution >= 4 is 11.6 Å². The quantitative estimate of drug-likeness (QED) is 0.641. The van der Waals surface area contributed by atoms with Gasteiger partial charge in [-0.15, -0.1) is 0 Å². The van der Waals surface area contributed by atoms with Gasteiger partial charge in [0.25, 0.3) is 0 Å². The van der Waals surface area contributed by atoms with Crippen molar-refractivity contribution in [3.05, 3.63) is 40.2 Å². The van der Waals surface area contributed by atoms with Gasteiger partial charge < -0.3 is 4.57 Å². The lowest BCUT2D eigenvalue weighted by molar-refractivity contribution is 0.615. The molecule has 0 fully saturated rings. The Balaban J connectivity index is 2.66. The molecule has 0 aliphatic rings. The number of aryl methyl sites for hydroxylation is 2. The fraction of sp³-hybridized carbons (Fsp3) is 0.526. The van der Waals surface area contributed by atoms with Gasteiger partial charge in [-0.2, -0.15) is 0 Å². The molecule has 1 aromatic heterocycles. The molecular formula is C19H27ClN2. The predicted octanol–water partition coefficient (Wildman–Crippen LogP) is 5.69. The molecule has 0 aliphatic heterocycles. The van der Waals surface area contributed by atoms with E-state index in [1.54, 1.807) is 0 Å². The fourth-order valence-electron chi connectivity index (χ4n) is 3.07. The Morgan fingerprint density at radius 1 is 1.00 bits per heavy atom. The molecule has 0 radical (unpaired) electrons. The molecule has 2 aromatic rings. The maximum atomic E-state index is 6.44. The Kier molecular flexibility index (Phi) is 6.07. The van der Waals surface area contributed by atoms with Gasteiger partial charge in [0.15, 0.2) is 5.15 Å². The zero-order valence-electron chi connectivity index (χ0n) is 14.2. The number of unbranched alkanes of at least 4 members (excludes halogenated alkanes) is 1. The van der Waals surface area contributed by atoms with Crippen LogP contribution in [0, 0.1) is 0 Å². The van der Waals surface area contributed by atoms with E-state index >= 15 is 0 Å². The first-order valence-electron chi connectivity index (χ1n) is 8.53. The molecule has 0 atom stereocenters. The van der Waals surface area contributed by atoms with Crippen LogP contribution in [0.25, 0.3) is 11.4 Å². The second-order valence-electron chi connectivity index (χ2n) is 5.69. The first-order chi connectivity index (χ1) is 10.7. The zero-order valence-corrected chi connectivity index (χ0v) is 15.0. The summed E-state index contributed by atoms with van der Waals surface area (Å²) >= 11 is 6.44. The summed E-state index contributed by atoms with van der Waals surface area (Å²) in [7, 11) is 0. The largest absolute Gasteiger partial charge is 0.327 e. The highest BCUT2D eigenvalue weighted by atomic mass is 35.5. The van der Waals surface area contributed by atoms with Crippen molar-refractivity contribution in [2.75, 3.05) is 0 Å². The van der Waals surface area contributed by atoms with Crippen LogP contribution in [0.4, 0.5) is 0 Å². The highest BCUT2D eigenvalue weighted by molar-refractivity contribution is 6.30. The van der Waals surface area contributed by atoms with Gasteiger partial charge in [-0.25, -0.2) is 4.98 Å². The number of benzene rings is 1. The van der Waals surface area contributed by atoms with E-state index in [0.29, 0.717) is 5.15 Å². The average molecular weight is 319 g/mol. The molecule has 0 spiro atoms. The molecule has 22 heavy (non-hydrogen) atoms. The van der Waals surface area contributed by atoms with Crippen LogP contribution >= 0.6 is 11.6 Å². The van der Waals surface area contributed by atoms with Crippen LogP contribution in [0.15, 0.2) is 18.2 Å². The lowest BCUT2D eigenvalue weighted by Crippen LogP contribution is -2.07. The first kappa shape index (κ1) is 17.1. The van der Waals surface area contributed by atoms with Crippen molar-refractivity contribution in [1.29, 1.82) is 0 Å². The average Bonchev–Trinajstić information content (AvgIpc) is 2.86. The summed E-state index contributed by atoms with van der Waals surface area (Å²) in [6, 6.07) is 6.59. The van der Waals surface area contributed by atoms with Crippen molar-refractivity contribution in [3.63, 3.8) is 0 Å². The van der Waals surface area contributed by atoms with E-state index in [1.807, 2.05) is 0 Å². The highest BCUT2D eigenvalue weighted by Crippen LogP contribution is 2.32. The number of halogens is 1. The van der Waals surface area contributed by atoms with E-state index in [-0.39, 0.29) is 0 Å². The summed E-state index contributed by atoms with van der Waals surface area (Å²) < 4.78 is 2.35. The van der Waals surface area contributed by atoms with Crippen molar-refractivity contribution in [3.8, 4) is 11.4 Å². The molecule has 0 amide bonds. The molecule has 1 heterocycles. The number of hydrogen-bond acceptors (Lipinski definition) is 1. The van der Waals surface area contributed by atoms with Crippen LogP contribution in [0.3, 0.4) is 0 Å². The van der Waals surface area contributed by atoms with Crippen LogP contribution in [0.5, 0.6) is 0 Å². The number of hydrogen-bond donors (Lipinski definition) is 0. The summed E-state index contributed by atoms with van der Waals surface area (Å²) in [4.78, 5) is 4.75. The van der Waals surface area contributed by atoms with Gasteiger partial charge in [-0.3, -0.25) is 0 Å². The van der Waals surface area contributed by atoms with E-state index in [2.05, 4.69) is 50.5 Å². The topological polar surface area (TPSA) is 17.8 Å². The molecule has 0 N–H and O–H groups in total. The Morgan fingerprint density at radius 3 is 2.14 bits per heavy atom. The number of aromatic nitrogens is 2. The molecule has 1 aromatic carbocycles. The van der Waals surface area contributed by atoms with Crippen molar-refractivity contribution in [1.82, 2.24) is 9.55 Å². The molecule has 0 saturated heterocycles. The third-order valence-electron chi connectivity index (χ3n) is 4.32. The standard InChI is InChI=1S/C19H27ClN2/c1-5-9-13-22-16(8-4)18(20)21-19(22)17-14(6-2)11-10-12-15(17)7-3/h10-12H,5-9,13H2,1-4H3. The Bertz CT molecular complexity index is 606. The summed E-state index contributed by atoms with van der Waals surface area (Å²) in [6.07, 6.45) is 5.29. The fourth-order valence-corrected chi connectivity index (χ4v) is 3.39. The van der Waals surface area contributed by atoms with Gasteiger partial charge >= 0.3 is 0 Å². The van der Waals surface area contributed by atoms with Crippen LogP contribution in [-0.2, 0) is 25.8 Å². The first-order valence-corrected chi connectivity index (χ1v) is 8.91. The van der Waals surface area contributed by atoms with E-state index in [9.17, 15) is 0 Å². The molecule has 0 aliphatic carbocycles. The second kappa shape index (κ2) is 7.82. The molecule has 2 nitrogen and oxygen atoms in total. The van der Waals surface area contributed by atoms with E-state index < -0.39 is 0 Å². The highest BCUT2D eigenvalue weighted by Gasteiger charge is 2.19. The second-order valence-corrected chi connectivity index (χ2v) is 6.05. The maximum Gasteiger partial charge on any atom is 0.150 e. The number of imidazole rings is 1. The van der Waals surface area contributed by atoms with Gasteiger partial charge in [0.2, 0.25) is 0 Å². The van der Waals surface area contributed by atoms with Gasteiger partial charge in [-0.05, 0) is 36.8 Å². The van der Waals surface area contributed by atoms with Crippen LogP contribution in [-0.4, -0.2) is 9.55 Å². The van der Waals surface area contributed by atoms with Gasteiger partial charge in [0, 0.05) is 12.1 Å². The molecule has 2 rings (SSSR count). The Hall–Kier alpha value is -1.28. The molecule has 120 valence electrons. The summed E-state index contributed by atoms with van der Waals surface area (Å²) in [5.41, 5.74) is 5.19. The lowest BCUT2D eigenvalue weighted by atomic mass is 9.97.